The van der Waals surface area contributed by atoms with Gasteiger partial charge in [0.1, 0.15) is 11.5 Å². The summed E-state index contributed by atoms with van der Waals surface area (Å²) in [4.78, 5) is 14.2. The monoisotopic (exact) mass is 311 g/mol. The summed E-state index contributed by atoms with van der Waals surface area (Å²) < 4.78 is 5.39. The first-order chi connectivity index (χ1) is 10.8. The molecule has 0 fully saturated rings. The smallest absolute Gasteiger partial charge is 0.348 e. The average Bonchev–Trinajstić information content (AvgIpc) is 2.84. The Morgan fingerprint density at radius 1 is 1.23 bits per heavy atom. The van der Waals surface area contributed by atoms with Crippen LogP contribution in [0.3, 0.4) is 0 Å². The third-order valence-corrected chi connectivity index (χ3v) is 5.16. The van der Waals surface area contributed by atoms with Crippen LogP contribution >= 0.6 is 11.3 Å². The molecule has 0 saturated heterocycles. The molecule has 0 aliphatic heterocycles. The maximum Gasteiger partial charge on any atom is 0.348 e. The van der Waals surface area contributed by atoms with E-state index in [2.05, 4.69) is 6.07 Å². The lowest BCUT2D eigenvalue weighted by Crippen LogP contribution is -2.04. The van der Waals surface area contributed by atoms with E-state index in [1.165, 1.54) is 29.7 Å². The van der Waals surface area contributed by atoms with Crippen LogP contribution in [-0.2, 0) is 24.2 Å². The number of benzene rings is 1. The summed E-state index contributed by atoms with van der Waals surface area (Å²) in [5.74, 6) is -0.286. The highest BCUT2D eigenvalue weighted by atomic mass is 32.1. The average molecular weight is 311 g/mol. The highest BCUT2D eigenvalue weighted by molar-refractivity contribution is 7.14. The number of nitrogens with zero attached hydrogens (tertiary/aromatic N) is 1. The Balaban J connectivity index is 1.69. The molecular weight excluding hydrogens is 294 g/mol. The summed E-state index contributed by atoms with van der Waals surface area (Å²) in [7, 11) is 0. The molecule has 3 rings (SSSR count). The molecular formula is C18H17NO2S. The lowest BCUT2D eigenvalue weighted by molar-refractivity contribution is 0.0478. The second-order valence-corrected chi connectivity index (χ2v) is 6.60. The number of aryl methyl sites for hydroxylation is 2. The van der Waals surface area contributed by atoms with Crippen molar-refractivity contribution in [2.75, 3.05) is 0 Å². The molecule has 0 spiro atoms. The summed E-state index contributed by atoms with van der Waals surface area (Å²) in [5.41, 5.74) is 2.61. The van der Waals surface area contributed by atoms with Gasteiger partial charge < -0.3 is 4.74 Å². The fourth-order valence-corrected chi connectivity index (χ4v) is 3.89. The molecule has 0 bridgehead atoms. The summed E-state index contributed by atoms with van der Waals surface area (Å²) in [6.45, 7) is 0.144. The van der Waals surface area contributed by atoms with Crippen molar-refractivity contribution in [3.63, 3.8) is 0 Å². The highest BCUT2D eigenvalue weighted by Gasteiger charge is 2.17. The molecule has 2 aromatic rings. The molecule has 0 radical (unpaired) electrons. The first-order valence-electron chi connectivity index (χ1n) is 7.54. The number of hydrogen-bond donors (Lipinski definition) is 0. The summed E-state index contributed by atoms with van der Waals surface area (Å²) in [6, 6.07) is 11.3. The van der Waals surface area contributed by atoms with Crippen molar-refractivity contribution in [1.29, 1.82) is 5.26 Å². The molecule has 22 heavy (non-hydrogen) atoms. The van der Waals surface area contributed by atoms with Gasteiger partial charge in [-0.25, -0.2) is 4.79 Å². The van der Waals surface area contributed by atoms with Gasteiger partial charge in [0.25, 0.3) is 0 Å². The van der Waals surface area contributed by atoms with Crippen LogP contribution in [0.15, 0.2) is 30.3 Å². The summed E-state index contributed by atoms with van der Waals surface area (Å²) >= 11 is 1.56. The number of esters is 1. The lowest BCUT2D eigenvalue weighted by atomic mass is 10.1. The minimum atomic E-state index is -0.286. The van der Waals surface area contributed by atoms with E-state index < -0.39 is 0 Å². The largest absolute Gasteiger partial charge is 0.457 e. The SMILES string of the molecule is N#Cc1ccccc1COC(=O)c1cc2c(s1)CCCCC2. The van der Waals surface area contributed by atoms with Gasteiger partial charge in [0.15, 0.2) is 0 Å². The van der Waals surface area contributed by atoms with Crippen LogP contribution in [0.1, 0.15) is 50.5 Å². The third-order valence-electron chi connectivity index (χ3n) is 3.94. The molecule has 1 heterocycles. The van der Waals surface area contributed by atoms with Crippen LogP contribution in [-0.4, -0.2) is 5.97 Å². The van der Waals surface area contributed by atoms with Crippen molar-refractivity contribution >= 4 is 17.3 Å². The van der Waals surface area contributed by atoms with Crippen molar-refractivity contribution in [3.05, 3.63) is 56.8 Å². The first kappa shape index (κ1) is 14.8. The third kappa shape index (κ3) is 3.20. The number of hydrogen-bond acceptors (Lipinski definition) is 4. The van der Waals surface area contributed by atoms with E-state index in [0.717, 1.165) is 18.4 Å². The Kier molecular flexibility index (Phi) is 4.55. The Bertz CT molecular complexity index is 703. The fourth-order valence-electron chi connectivity index (χ4n) is 2.74. The van der Waals surface area contributed by atoms with Crippen LogP contribution in [0, 0.1) is 11.3 Å². The standard InChI is InChI=1S/C18H17NO2S/c19-11-14-7-4-5-8-15(14)12-21-18(20)17-10-13-6-2-1-3-9-16(13)22-17/h4-5,7-8,10H,1-3,6,9,12H2. The topological polar surface area (TPSA) is 50.1 Å². The number of rotatable bonds is 3. The highest BCUT2D eigenvalue weighted by Crippen LogP contribution is 2.29. The number of carbonyl (C=O) groups is 1. The molecule has 1 aliphatic carbocycles. The minimum absolute atomic E-state index is 0.144. The molecule has 1 aromatic heterocycles. The van der Waals surface area contributed by atoms with Gasteiger partial charge in [-0.15, -0.1) is 11.3 Å². The number of nitriles is 1. The van der Waals surface area contributed by atoms with Crippen LogP contribution in [0.5, 0.6) is 0 Å². The Morgan fingerprint density at radius 2 is 2.05 bits per heavy atom. The predicted octanol–water partition coefficient (Wildman–Crippen LogP) is 4.25. The maximum absolute atomic E-state index is 12.2. The first-order valence-corrected chi connectivity index (χ1v) is 8.36. The minimum Gasteiger partial charge on any atom is -0.457 e. The van der Waals surface area contributed by atoms with E-state index in [1.807, 2.05) is 18.2 Å². The lowest BCUT2D eigenvalue weighted by Gasteiger charge is -2.05. The number of thiophene rings is 1. The number of carbonyl (C=O) groups excluding carboxylic acids is 1. The zero-order valence-corrected chi connectivity index (χ0v) is 13.1. The Morgan fingerprint density at radius 3 is 2.91 bits per heavy atom. The predicted molar refractivity (Wildman–Crippen MR) is 85.9 cm³/mol. The van der Waals surface area contributed by atoms with Crippen LogP contribution in [0.4, 0.5) is 0 Å². The Hall–Kier alpha value is -2.12. The zero-order chi connectivity index (χ0) is 15.4. The molecule has 3 nitrogen and oxygen atoms in total. The molecule has 0 saturated carbocycles. The van der Waals surface area contributed by atoms with E-state index in [0.29, 0.717) is 10.4 Å². The summed E-state index contributed by atoms with van der Waals surface area (Å²) in [5, 5.41) is 9.05. The van der Waals surface area contributed by atoms with E-state index in [1.54, 1.807) is 23.5 Å². The van der Waals surface area contributed by atoms with Crippen LogP contribution < -0.4 is 0 Å². The van der Waals surface area contributed by atoms with Crippen molar-refractivity contribution in [3.8, 4) is 6.07 Å². The van der Waals surface area contributed by atoms with Gasteiger partial charge in [0.05, 0.1) is 11.6 Å². The van der Waals surface area contributed by atoms with Gasteiger partial charge in [0.2, 0.25) is 0 Å². The van der Waals surface area contributed by atoms with Crippen LogP contribution in [0.25, 0.3) is 0 Å². The van der Waals surface area contributed by atoms with Crippen molar-refractivity contribution in [1.82, 2.24) is 0 Å². The van der Waals surface area contributed by atoms with Crippen molar-refractivity contribution < 1.29 is 9.53 Å². The van der Waals surface area contributed by atoms with E-state index in [9.17, 15) is 4.79 Å². The van der Waals surface area contributed by atoms with E-state index in [-0.39, 0.29) is 12.6 Å². The van der Waals surface area contributed by atoms with E-state index >= 15 is 0 Å². The van der Waals surface area contributed by atoms with Gasteiger partial charge in [0, 0.05) is 10.4 Å². The number of fused-ring (bicyclic) bond motifs is 1. The molecule has 1 aliphatic rings. The molecule has 4 heteroatoms. The maximum atomic E-state index is 12.2. The van der Waals surface area contributed by atoms with Gasteiger partial charge in [-0.1, -0.05) is 24.6 Å². The second-order valence-electron chi connectivity index (χ2n) is 5.46. The molecule has 1 aromatic carbocycles. The van der Waals surface area contributed by atoms with E-state index in [4.69, 9.17) is 10.00 Å². The van der Waals surface area contributed by atoms with Gasteiger partial charge >= 0.3 is 5.97 Å². The van der Waals surface area contributed by atoms with Crippen LogP contribution in [0.2, 0.25) is 0 Å². The zero-order valence-electron chi connectivity index (χ0n) is 12.3. The quantitative estimate of drug-likeness (QED) is 0.629. The molecule has 0 amide bonds. The fraction of sp³-hybridized carbons (Fsp3) is 0.333. The van der Waals surface area contributed by atoms with Crippen molar-refractivity contribution in [2.45, 2.75) is 38.7 Å². The molecule has 0 atom stereocenters. The molecule has 0 N–H and O–H groups in total. The molecule has 0 unspecified atom stereocenters. The Labute approximate surface area is 134 Å². The van der Waals surface area contributed by atoms with Gasteiger partial charge in [-0.2, -0.15) is 5.26 Å². The normalized spacial score (nSPS) is 13.8. The molecule has 112 valence electrons. The van der Waals surface area contributed by atoms with Gasteiger partial charge in [-0.05, 0) is 43.4 Å². The van der Waals surface area contributed by atoms with Crippen molar-refractivity contribution in [2.24, 2.45) is 0 Å². The van der Waals surface area contributed by atoms with Gasteiger partial charge in [-0.3, -0.25) is 0 Å². The number of ether oxygens (including phenoxy) is 1. The summed E-state index contributed by atoms with van der Waals surface area (Å²) in [6.07, 6.45) is 5.82. The second kappa shape index (κ2) is 6.76.